The molecule has 0 fully saturated rings. The van der Waals surface area contributed by atoms with Gasteiger partial charge in [-0.15, -0.1) is 0 Å². The van der Waals surface area contributed by atoms with Crippen LogP contribution in [-0.4, -0.2) is 5.78 Å². The summed E-state index contributed by atoms with van der Waals surface area (Å²) in [5.74, 6) is 0.581. The van der Waals surface area contributed by atoms with Gasteiger partial charge in [-0.25, -0.2) is 4.39 Å². The highest BCUT2D eigenvalue weighted by molar-refractivity contribution is 6.18. The molecular weight excluding hydrogens is 399 g/mol. The van der Waals surface area contributed by atoms with Crippen LogP contribution in [0.15, 0.2) is 120 Å². The summed E-state index contributed by atoms with van der Waals surface area (Å²) in [6.07, 6.45) is 0. The van der Waals surface area contributed by atoms with E-state index >= 15 is 0 Å². The standard InChI is InChI=1S/C29H19FO2/c30-24-18-16-23(17-19-24)28-25(20-10-4-1-5-11-20)26(27(31)21-12-6-2-7-13-21)29(32-28)22-14-8-3-9-15-22/h1-19H. The molecule has 4 aromatic carbocycles. The fourth-order valence-electron chi connectivity index (χ4n) is 3.86. The molecule has 0 aliphatic heterocycles. The average molecular weight is 418 g/mol. The van der Waals surface area contributed by atoms with Crippen LogP contribution in [0.4, 0.5) is 4.39 Å². The van der Waals surface area contributed by atoms with E-state index in [4.69, 9.17) is 4.42 Å². The molecule has 5 rings (SSSR count). The normalized spacial score (nSPS) is 10.8. The van der Waals surface area contributed by atoms with Crippen LogP contribution in [0.1, 0.15) is 15.9 Å². The fraction of sp³-hybridized carbons (Fsp3) is 0. The van der Waals surface area contributed by atoms with Crippen molar-refractivity contribution < 1.29 is 13.6 Å². The summed E-state index contributed by atoms with van der Waals surface area (Å²) >= 11 is 0. The maximum Gasteiger partial charge on any atom is 0.197 e. The Hall–Kier alpha value is -4.24. The van der Waals surface area contributed by atoms with E-state index in [1.807, 2.05) is 78.9 Å². The molecule has 0 unspecified atom stereocenters. The molecule has 1 aromatic heterocycles. The van der Waals surface area contributed by atoms with E-state index in [-0.39, 0.29) is 11.6 Å². The second-order valence-electron chi connectivity index (χ2n) is 7.44. The summed E-state index contributed by atoms with van der Waals surface area (Å²) in [5, 5.41) is 0. The number of ketones is 1. The summed E-state index contributed by atoms with van der Waals surface area (Å²) < 4.78 is 20.1. The minimum atomic E-state index is -0.328. The topological polar surface area (TPSA) is 30.2 Å². The zero-order valence-electron chi connectivity index (χ0n) is 17.2. The predicted molar refractivity (Wildman–Crippen MR) is 125 cm³/mol. The van der Waals surface area contributed by atoms with Crippen molar-refractivity contribution in [1.82, 2.24) is 0 Å². The molecule has 3 heteroatoms. The maximum atomic E-state index is 13.8. The lowest BCUT2D eigenvalue weighted by Crippen LogP contribution is -2.03. The molecule has 0 amide bonds. The molecule has 0 spiro atoms. The van der Waals surface area contributed by atoms with Crippen LogP contribution >= 0.6 is 0 Å². The van der Waals surface area contributed by atoms with Crippen LogP contribution in [0, 0.1) is 5.82 Å². The number of hydrogen-bond acceptors (Lipinski definition) is 2. The Morgan fingerprint density at radius 3 is 1.66 bits per heavy atom. The minimum Gasteiger partial charge on any atom is -0.455 e. The molecule has 32 heavy (non-hydrogen) atoms. The van der Waals surface area contributed by atoms with Gasteiger partial charge < -0.3 is 4.42 Å². The van der Waals surface area contributed by atoms with Crippen molar-refractivity contribution in [1.29, 1.82) is 0 Å². The number of rotatable bonds is 5. The summed E-state index contributed by atoms with van der Waals surface area (Å²) in [5.41, 5.74) is 4.13. The third kappa shape index (κ3) is 3.65. The van der Waals surface area contributed by atoms with E-state index in [0.717, 1.165) is 11.1 Å². The molecule has 0 saturated carbocycles. The first-order chi connectivity index (χ1) is 15.7. The molecule has 5 aromatic rings. The molecule has 0 aliphatic rings. The van der Waals surface area contributed by atoms with E-state index in [0.29, 0.717) is 33.8 Å². The summed E-state index contributed by atoms with van der Waals surface area (Å²) in [6, 6.07) is 34.6. The predicted octanol–water partition coefficient (Wildman–Crippen LogP) is 7.65. The molecule has 1 heterocycles. The molecule has 0 N–H and O–H groups in total. The summed E-state index contributed by atoms with van der Waals surface area (Å²) in [7, 11) is 0. The molecular formula is C29H19FO2. The fourth-order valence-corrected chi connectivity index (χ4v) is 3.86. The van der Waals surface area contributed by atoms with Crippen LogP contribution < -0.4 is 0 Å². The Balaban J connectivity index is 1.85. The SMILES string of the molecule is O=C(c1ccccc1)c1c(-c2ccccc2)oc(-c2ccc(F)cc2)c1-c1ccccc1. The lowest BCUT2D eigenvalue weighted by molar-refractivity contribution is 0.103. The van der Waals surface area contributed by atoms with Crippen molar-refractivity contribution in [2.24, 2.45) is 0 Å². The highest BCUT2D eigenvalue weighted by Crippen LogP contribution is 2.44. The molecule has 0 saturated heterocycles. The van der Waals surface area contributed by atoms with Crippen molar-refractivity contribution in [2.75, 3.05) is 0 Å². The van der Waals surface area contributed by atoms with Crippen molar-refractivity contribution in [3.63, 3.8) is 0 Å². The number of benzene rings is 4. The highest BCUT2D eigenvalue weighted by Gasteiger charge is 2.28. The Kier molecular flexibility index (Phi) is 5.22. The quantitative estimate of drug-likeness (QED) is 0.274. The van der Waals surface area contributed by atoms with Gasteiger partial charge in [0.15, 0.2) is 5.78 Å². The van der Waals surface area contributed by atoms with Crippen molar-refractivity contribution in [3.8, 4) is 33.8 Å². The first-order valence-electron chi connectivity index (χ1n) is 10.4. The van der Waals surface area contributed by atoms with Gasteiger partial charge in [0, 0.05) is 22.3 Å². The van der Waals surface area contributed by atoms with Gasteiger partial charge >= 0.3 is 0 Å². The smallest absolute Gasteiger partial charge is 0.197 e. The number of halogens is 1. The zero-order valence-corrected chi connectivity index (χ0v) is 17.2. The third-order valence-corrected chi connectivity index (χ3v) is 5.38. The Bertz CT molecular complexity index is 1350. The van der Waals surface area contributed by atoms with Crippen LogP contribution in [0.5, 0.6) is 0 Å². The second kappa shape index (κ2) is 8.48. The van der Waals surface area contributed by atoms with Gasteiger partial charge in [-0.3, -0.25) is 4.79 Å². The van der Waals surface area contributed by atoms with Crippen LogP contribution in [0.25, 0.3) is 33.8 Å². The van der Waals surface area contributed by atoms with Crippen LogP contribution in [0.2, 0.25) is 0 Å². The molecule has 0 atom stereocenters. The van der Waals surface area contributed by atoms with Gasteiger partial charge in [-0.2, -0.15) is 0 Å². The third-order valence-electron chi connectivity index (χ3n) is 5.38. The summed E-state index contributed by atoms with van der Waals surface area (Å²) in [4.78, 5) is 13.8. The zero-order chi connectivity index (χ0) is 21.9. The average Bonchev–Trinajstić information content (AvgIpc) is 3.26. The molecule has 0 radical (unpaired) electrons. The highest BCUT2D eigenvalue weighted by atomic mass is 19.1. The van der Waals surface area contributed by atoms with Gasteiger partial charge in [-0.05, 0) is 29.8 Å². The van der Waals surface area contributed by atoms with E-state index in [2.05, 4.69) is 0 Å². The Labute approximate surface area is 185 Å². The number of carbonyl (C=O) groups excluding carboxylic acids is 1. The molecule has 2 nitrogen and oxygen atoms in total. The largest absolute Gasteiger partial charge is 0.455 e. The van der Waals surface area contributed by atoms with Crippen molar-refractivity contribution in [2.45, 2.75) is 0 Å². The van der Waals surface area contributed by atoms with Crippen molar-refractivity contribution in [3.05, 3.63) is 132 Å². The van der Waals surface area contributed by atoms with Gasteiger partial charge in [0.2, 0.25) is 0 Å². The van der Waals surface area contributed by atoms with E-state index in [1.165, 1.54) is 12.1 Å². The van der Waals surface area contributed by atoms with Crippen LogP contribution in [0.3, 0.4) is 0 Å². The molecule has 154 valence electrons. The molecule has 0 aliphatic carbocycles. The van der Waals surface area contributed by atoms with Crippen LogP contribution in [-0.2, 0) is 0 Å². The molecule has 0 bridgehead atoms. The first kappa shape index (κ1) is 19.7. The lowest BCUT2D eigenvalue weighted by Gasteiger charge is -2.08. The Morgan fingerprint density at radius 1 is 0.562 bits per heavy atom. The number of furan rings is 1. The summed E-state index contributed by atoms with van der Waals surface area (Å²) in [6.45, 7) is 0. The second-order valence-corrected chi connectivity index (χ2v) is 7.44. The lowest BCUT2D eigenvalue weighted by atomic mass is 9.91. The van der Waals surface area contributed by atoms with E-state index < -0.39 is 0 Å². The maximum absolute atomic E-state index is 13.8. The number of hydrogen-bond donors (Lipinski definition) is 0. The van der Waals surface area contributed by atoms with Gasteiger partial charge in [0.25, 0.3) is 0 Å². The van der Waals surface area contributed by atoms with Gasteiger partial charge in [0.1, 0.15) is 17.3 Å². The Morgan fingerprint density at radius 2 is 1.06 bits per heavy atom. The van der Waals surface area contributed by atoms with E-state index in [9.17, 15) is 9.18 Å². The first-order valence-corrected chi connectivity index (χ1v) is 10.4. The van der Waals surface area contributed by atoms with E-state index in [1.54, 1.807) is 24.3 Å². The number of carbonyl (C=O) groups is 1. The minimum absolute atomic E-state index is 0.125. The van der Waals surface area contributed by atoms with Crippen molar-refractivity contribution >= 4 is 5.78 Å². The monoisotopic (exact) mass is 418 g/mol. The van der Waals surface area contributed by atoms with Gasteiger partial charge in [0.05, 0.1) is 5.56 Å². The van der Waals surface area contributed by atoms with Gasteiger partial charge in [-0.1, -0.05) is 91.0 Å².